The lowest BCUT2D eigenvalue weighted by molar-refractivity contribution is -0.137. The van der Waals surface area contributed by atoms with E-state index in [1.54, 1.807) is 12.1 Å². The highest BCUT2D eigenvalue weighted by molar-refractivity contribution is 9.10. The minimum absolute atomic E-state index is 0.0766. The third-order valence-electron chi connectivity index (χ3n) is 6.83. The molecule has 1 aliphatic heterocycles. The normalized spacial score (nSPS) is 18.1. The van der Waals surface area contributed by atoms with Crippen molar-refractivity contribution in [2.45, 2.75) is 43.2 Å². The van der Waals surface area contributed by atoms with Crippen molar-refractivity contribution in [2.24, 2.45) is 4.99 Å². The Morgan fingerprint density at radius 1 is 1.20 bits per heavy atom. The van der Waals surface area contributed by atoms with Crippen molar-refractivity contribution >= 4 is 45.4 Å². The highest BCUT2D eigenvalue weighted by Gasteiger charge is 2.39. The summed E-state index contributed by atoms with van der Waals surface area (Å²) in [5.74, 6) is -2.19. The number of nitrogens with one attached hydrogen (secondary N) is 4. The van der Waals surface area contributed by atoms with Gasteiger partial charge in [-0.3, -0.25) is 19.4 Å². The molecule has 0 radical (unpaired) electrons. The Morgan fingerprint density at radius 2 is 1.98 bits per heavy atom. The van der Waals surface area contributed by atoms with E-state index in [1.807, 2.05) is 6.07 Å². The Balaban J connectivity index is 1.42. The van der Waals surface area contributed by atoms with E-state index >= 15 is 0 Å². The number of phenols is 1. The maximum Gasteiger partial charge on any atom is 0.305 e. The number of carboxylic acid groups (broad SMARTS) is 1. The number of carboxylic acids is 1. The molecular weight excluding hydrogens is 584 g/mol. The number of β-amino-alcohol motifs (C(OH)–C–C–N with tert-alkyl or cyclic N) is 1. The fraction of sp³-hybridized carbons (Fsp3) is 0.370. The molecule has 210 valence electrons. The van der Waals surface area contributed by atoms with Crippen LogP contribution in [0.5, 0.6) is 5.75 Å². The van der Waals surface area contributed by atoms with E-state index in [9.17, 15) is 35.0 Å². The summed E-state index contributed by atoms with van der Waals surface area (Å²) < 4.78 is 0.665. The van der Waals surface area contributed by atoms with Gasteiger partial charge in [0.05, 0.1) is 43.1 Å². The fourth-order valence-electron chi connectivity index (χ4n) is 4.59. The van der Waals surface area contributed by atoms with Crippen LogP contribution in [0, 0.1) is 11.3 Å². The smallest absolute Gasteiger partial charge is 0.305 e. The van der Waals surface area contributed by atoms with Crippen LogP contribution in [0.15, 0.2) is 45.9 Å². The van der Waals surface area contributed by atoms with E-state index < -0.39 is 48.3 Å². The van der Waals surface area contributed by atoms with Crippen LogP contribution >= 0.6 is 15.9 Å². The minimum Gasteiger partial charge on any atom is -0.508 e. The molecule has 2 aromatic rings. The third-order valence-corrected chi connectivity index (χ3v) is 7.29. The number of aliphatic hydroxyl groups excluding tert-OH is 1. The van der Waals surface area contributed by atoms with E-state index in [0.717, 1.165) is 12.0 Å². The highest BCUT2D eigenvalue weighted by atomic mass is 79.9. The van der Waals surface area contributed by atoms with Crippen LogP contribution < -0.4 is 21.3 Å². The summed E-state index contributed by atoms with van der Waals surface area (Å²) in [6.45, 7) is 0.0683. The number of carbonyl (C=O) groups excluding carboxylic acids is 2. The van der Waals surface area contributed by atoms with E-state index in [4.69, 9.17) is 0 Å². The van der Waals surface area contributed by atoms with Crippen LogP contribution in [0.4, 0.5) is 5.69 Å². The molecule has 0 aromatic heterocycles. The molecule has 2 aromatic carbocycles. The predicted octanol–water partition coefficient (Wildman–Crippen LogP) is 1.89. The first-order valence-corrected chi connectivity index (χ1v) is 13.5. The molecule has 2 atom stereocenters. The number of nitrogens with zero attached hydrogens (tertiary/aromatic N) is 2. The summed E-state index contributed by atoms with van der Waals surface area (Å²) in [7, 11) is 0. The van der Waals surface area contributed by atoms with Crippen molar-refractivity contribution in [3.05, 3.63) is 57.6 Å². The summed E-state index contributed by atoms with van der Waals surface area (Å²) >= 11 is 3.44. The van der Waals surface area contributed by atoms with Gasteiger partial charge in [0.25, 0.3) is 5.91 Å². The number of aromatic hydroxyl groups is 1. The second-order valence-corrected chi connectivity index (χ2v) is 10.8. The second kappa shape index (κ2) is 12.4. The predicted molar refractivity (Wildman–Crippen MR) is 149 cm³/mol. The molecule has 1 fully saturated rings. The topological polar surface area (TPSA) is 196 Å². The van der Waals surface area contributed by atoms with Crippen LogP contribution in [0.3, 0.4) is 0 Å². The number of benzene rings is 2. The van der Waals surface area contributed by atoms with Crippen molar-refractivity contribution in [1.29, 1.82) is 5.26 Å². The summed E-state index contributed by atoms with van der Waals surface area (Å²) in [4.78, 5) is 41.2. The molecule has 1 saturated carbocycles. The number of phenolic OH excluding ortho intramolecular Hbond substituents is 1. The Morgan fingerprint density at radius 3 is 2.60 bits per heavy atom. The lowest BCUT2D eigenvalue weighted by Gasteiger charge is -2.36. The molecule has 4 rings (SSSR count). The molecule has 7 N–H and O–H groups in total. The molecule has 40 heavy (non-hydrogen) atoms. The first-order valence-electron chi connectivity index (χ1n) is 12.7. The first kappa shape index (κ1) is 28.8. The number of hydrogen-bond donors (Lipinski definition) is 7. The summed E-state index contributed by atoms with van der Waals surface area (Å²) in [6.07, 6.45) is 1.35. The van der Waals surface area contributed by atoms with Gasteiger partial charge >= 0.3 is 5.97 Å². The molecule has 2 aliphatic rings. The van der Waals surface area contributed by atoms with Gasteiger partial charge in [-0.1, -0.05) is 22.0 Å². The van der Waals surface area contributed by atoms with Crippen LogP contribution in [-0.2, 0) is 15.0 Å². The number of carbonyl (C=O) groups is 3. The lowest BCUT2D eigenvalue weighted by Crippen LogP contribution is -2.42. The Hall–Kier alpha value is -4.15. The number of halogens is 1. The van der Waals surface area contributed by atoms with Crippen LogP contribution in [-0.4, -0.2) is 64.8 Å². The van der Waals surface area contributed by atoms with Gasteiger partial charge in [-0.05, 0) is 54.7 Å². The van der Waals surface area contributed by atoms with Gasteiger partial charge in [-0.15, -0.1) is 0 Å². The van der Waals surface area contributed by atoms with Crippen molar-refractivity contribution in [3.8, 4) is 11.8 Å². The first-order chi connectivity index (χ1) is 19.1. The second-order valence-electron chi connectivity index (χ2n) is 9.84. The standard InChI is InChI=1S/C27H29BrN6O6/c28-18-5-15(4-17(8-18)27(14-29)2-1-3-27)22(10-24(38)39)34-23(37)13-30-25(40)16-6-19(9-20(35)7-16)33-26-31-11-21(36)12-32-26/h4-9,21-22,35-36H,1-3,10-13H2,(H,30,40)(H,34,37)(H,38,39)(H2,31,32,33). The zero-order valence-corrected chi connectivity index (χ0v) is 23.0. The number of anilines is 1. The zero-order valence-electron chi connectivity index (χ0n) is 21.4. The zero-order chi connectivity index (χ0) is 28.9. The minimum atomic E-state index is -1.12. The van der Waals surface area contributed by atoms with Crippen LogP contribution in [0.1, 0.15) is 53.2 Å². The Labute approximate surface area is 238 Å². The molecule has 12 nitrogen and oxygen atoms in total. The number of amides is 2. The van der Waals surface area contributed by atoms with E-state index in [0.29, 0.717) is 41.1 Å². The largest absolute Gasteiger partial charge is 0.508 e. The van der Waals surface area contributed by atoms with E-state index in [-0.39, 0.29) is 17.9 Å². The number of aliphatic imine (C=N–C) groups is 1. The molecule has 1 aliphatic carbocycles. The number of guanidine groups is 1. The molecule has 0 spiro atoms. The molecule has 2 unspecified atom stereocenters. The number of nitriles is 1. The van der Waals surface area contributed by atoms with Gasteiger partial charge in [0.15, 0.2) is 5.96 Å². The van der Waals surface area contributed by atoms with Gasteiger partial charge in [-0.25, -0.2) is 0 Å². The van der Waals surface area contributed by atoms with Gasteiger partial charge in [0.1, 0.15) is 5.75 Å². The molecule has 0 saturated heterocycles. The average Bonchev–Trinajstić information content (AvgIpc) is 2.87. The quantitative estimate of drug-likeness (QED) is 0.221. The average molecular weight is 613 g/mol. The number of aliphatic hydroxyl groups is 1. The van der Waals surface area contributed by atoms with Crippen molar-refractivity contribution in [2.75, 3.05) is 25.0 Å². The van der Waals surface area contributed by atoms with Gasteiger partial charge < -0.3 is 36.6 Å². The summed E-state index contributed by atoms with van der Waals surface area (Å²) in [6, 6.07) is 10.9. The number of hydrogen-bond acceptors (Lipinski definition) is 9. The molecule has 2 amide bonds. The van der Waals surface area contributed by atoms with Crippen molar-refractivity contribution in [1.82, 2.24) is 16.0 Å². The SMILES string of the molecule is N#CC1(c2cc(Br)cc(C(CC(=O)O)NC(=O)CNC(=O)c3cc(O)cc(NC4=NCC(O)CN4)c3)c2)CCC1. The van der Waals surface area contributed by atoms with Crippen LogP contribution in [0.25, 0.3) is 0 Å². The highest BCUT2D eigenvalue weighted by Crippen LogP contribution is 2.44. The number of aliphatic carboxylic acids is 1. The van der Waals surface area contributed by atoms with Gasteiger partial charge in [-0.2, -0.15) is 5.26 Å². The molecule has 1 heterocycles. The maximum atomic E-state index is 12.8. The summed E-state index contributed by atoms with van der Waals surface area (Å²) in [5.41, 5.74) is 1.12. The van der Waals surface area contributed by atoms with Crippen LogP contribution in [0.2, 0.25) is 0 Å². The van der Waals surface area contributed by atoms with E-state index in [1.165, 1.54) is 18.2 Å². The van der Waals surface area contributed by atoms with E-state index in [2.05, 4.69) is 48.3 Å². The maximum absolute atomic E-state index is 12.8. The Bertz CT molecular complexity index is 1390. The number of rotatable bonds is 9. The van der Waals surface area contributed by atoms with Gasteiger partial charge in [0.2, 0.25) is 5.91 Å². The Kier molecular flexibility index (Phi) is 8.91. The van der Waals surface area contributed by atoms with Crippen molar-refractivity contribution in [3.63, 3.8) is 0 Å². The fourth-order valence-corrected chi connectivity index (χ4v) is 5.10. The van der Waals surface area contributed by atoms with Gasteiger partial charge in [0, 0.05) is 28.3 Å². The van der Waals surface area contributed by atoms with Crippen molar-refractivity contribution < 1.29 is 29.7 Å². The summed E-state index contributed by atoms with van der Waals surface area (Å²) in [5, 5.41) is 49.8. The molecule has 13 heteroatoms. The third kappa shape index (κ3) is 7.08. The molecule has 0 bridgehead atoms. The monoisotopic (exact) mass is 612 g/mol. The molecular formula is C27H29BrN6O6. The lowest BCUT2D eigenvalue weighted by atomic mass is 9.65.